The molecular weight excluding hydrogens is 304 g/mol. The molecule has 0 fully saturated rings. The number of carbonyl (C=O) groups excluding carboxylic acids is 1. The molecule has 1 atom stereocenters. The van der Waals surface area contributed by atoms with Gasteiger partial charge in [0.05, 0.1) is 0 Å². The van der Waals surface area contributed by atoms with Gasteiger partial charge in [0.1, 0.15) is 28.7 Å². The van der Waals surface area contributed by atoms with Crippen LogP contribution in [0.2, 0.25) is 0 Å². The summed E-state index contributed by atoms with van der Waals surface area (Å²) in [7, 11) is 0. The maximum Gasteiger partial charge on any atom is 0.133 e. The first-order valence-electron chi connectivity index (χ1n) is 8.29. The number of aliphatic hydroxyl groups is 1. The Morgan fingerprint density at radius 2 is 1.92 bits per heavy atom. The van der Waals surface area contributed by atoms with Crippen molar-refractivity contribution in [2.24, 2.45) is 0 Å². The topological polar surface area (TPSA) is 70.7 Å². The number of hydrogen-bond acceptors (Lipinski definition) is 4. The molecule has 0 saturated heterocycles. The molecule has 0 aliphatic heterocycles. The fourth-order valence-corrected chi connectivity index (χ4v) is 3.39. The van der Waals surface area contributed by atoms with E-state index < -0.39 is 5.60 Å². The van der Waals surface area contributed by atoms with Gasteiger partial charge >= 0.3 is 0 Å². The number of rotatable bonds is 5. The molecule has 1 aromatic carbocycles. The smallest absolute Gasteiger partial charge is 0.133 e. The molecule has 2 N–H and O–H groups in total. The van der Waals surface area contributed by atoms with E-state index in [1.54, 1.807) is 24.3 Å². The highest BCUT2D eigenvalue weighted by atomic mass is 16.3. The largest absolute Gasteiger partial charge is 0.507 e. The monoisotopic (exact) mass is 326 g/mol. The molecule has 4 heteroatoms. The van der Waals surface area contributed by atoms with Crippen LogP contribution >= 0.6 is 0 Å². The van der Waals surface area contributed by atoms with Crippen molar-refractivity contribution in [1.82, 2.24) is 0 Å². The fraction of sp³-hybridized carbons (Fsp3) is 0.350. The molecule has 0 bridgehead atoms. The van der Waals surface area contributed by atoms with Crippen LogP contribution in [0.25, 0.3) is 11.6 Å². The van der Waals surface area contributed by atoms with E-state index in [4.69, 9.17) is 4.42 Å². The highest BCUT2D eigenvalue weighted by Gasteiger charge is 2.44. The van der Waals surface area contributed by atoms with Crippen LogP contribution in [0, 0.1) is 0 Å². The molecule has 2 aromatic rings. The van der Waals surface area contributed by atoms with Crippen LogP contribution in [0.3, 0.4) is 0 Å². The zero-order valence-electron chi connectivity index (χ0n) is 14.2. The van der Waals surface area contributed by atoms with Gasteiger partial charge in [0.15, 0.2) is 0 Å². The molecule has 4 nitrogen and oxygen atoms in total. The molecule has 3 rings (SSSR count). The number of phenols is 1. The summed E-state index contributed by atoms with van der Waals surface area (Å²) in [6.07, 6.45) is 3.12. The summed E-state index contributed by atoms with van der Waals surface area (Å²) in [6.45, 7) is 5.40. The van der Waals surface area contributed by atoms with Crippen molar-refractivity contribution in [3.8, 4) is 5.75 Å². The molecule has 0 radical (unpaired) electrons. The summed E-state index contributed by atoms with van der Waals surface area (Å²) in [4.78, 5) is 11.8. The lowest BCUT2D eigenvalue weighted by atomic mass is 9.84. The normalized spacial score (nSPS) is 19.2. The van der Waals surface area contributed by atoms with Crippen LogP contribution in [0.1, 0.15) is 55.4 Å². The van der Waals surface area contributed by atoms with Gasteiger partial charge in [-0.25, -0.2) is 0 Å². The number of Topliss-reactive ketones (excluding diaryl/α,β-unsaturated/α-hetero) is 1. The number of aryl methyl sites for hydroxylation is 2. The number of benzene rings is 1. The first kappa shape index (κ1) is 16.5. The Balaban J connectivity index is 2.20. The quantitative estimate of drug-likeness (QED) is 0.876. The molecule has 1 aromatic heterocycles. The first-order chi connectivity index (χ1) is 11.4. The molecule has 1 unspecified atom stereocenters. The molecular formula is C20H22O4. The van der Waals surface area contributed by atoms with Crippen LogP contribution in [-0.4, -0.2) is 16.0 Å². The van der Waals surface area contributed by atoms with E-state index in [-0.39, 0.29) is 18.0 Å². The van der Waals surface area contributed by atoms with Gasteiger partial charge in [-0.3, -0.25) is 4.79 Å². The van der Waals surface area contributed by atoms with Crippen LogP contribution in [-0.2, 0) is 23.2 Å². The zero-order chi connectivity index (χ0) is 17.5. The first-order valence-corrected chi connectivity index (χ1v) is 8.29. The summed E-state index contributed by atoms with van der Waals surface area (Å²) in [5, 5.41) is 21.9. The molecule has 0 saturated carbocycles. The number of ketones is 1. The Labute approximate surface area is 141 Å². The van der Waals surface area contributed by atoms with Crippen LogP contribution in [0.15, 0.2) is 28.7 Å². The summed E-state index contributed by atoms with van der Waals surface area (Å²) in [6, 6.07) is 7.27. The lowest BCUT2D eigenvalue weighted by molar-refractivity contribution is -0.120. The predicted molar refractivity (Wildman–Crippen MR) is 92.6 cm³/mol. The summed E-state index contributed by atoms with van der Waals surface area (Å²) in [5.41, 5.74) is 0.980. The lowest BCUT2D eigenvalue weighted by Crippen LogP contribution is -2.28. The van der Waals surface area contributed by atoms with Gasteiger partial charge in [-0.2, -0.15) is 0 Å². The van der Waals surface area contributed by atoms with Crippen molar-refractivity contribution in [1.29, 1.82) is 0 Å². The van der Waals surface area contributed by atoms with Crippen LogP contribution < -0.4 is 0 Å². The molecule has 126 valence electrons. The number of furan rings is 1. The Kier molecular flexibility index (Phi) is 4.10. The van der Waals surface area contributed by atoms with Gasteiger partial charge in [-0.15, -0.1) is 0 Å². The summed E-state index contributed by atoms with van der Waals surface area (Å²) >= 11 is 0. The van der Waals surface area contributed by atoms with E-state index in [0.717, 1.165) is 17.7 Å². The van der Waals surface area contributed by atoms with Gasteiger partial charge in [0.2, 0.25) is 0 Å². The van der Waals surface area contributed by atoms with Crippen molar-refractivity contribution in [3.63, 3.8) is 0 Å². The Bertz CT molecular complexity index is 828. The van der Waals surface area contributed by atoms with E-state index >= 15 is 0 Å². The van der Waals surface area contributed by atoms with Gasteiger partial charge in [0, 0.05) is 24.0 Å². The number of hydrogen-bond donors (Lipinski definition) is 2. The van der Waals surface area contributed by atoms with E-state index in [1.165, 1.54) is 6.92 Å². The van der Waals surface area contributed by atoms with Crippen molar-refractivity contribution >= 4 is 17.4 Å². The summed E-state index contributed by atoms with van der Waals surface area (Å²) in [5.74, 6) is 1.38. The highest BCUT2D eigenvalue weighted by molar-refractivity contribution is 5.96. The van der Waals surface area contributed by atoms with Crippen molar-refractivity contribution < 1.29 is 19.4 Å². The maximum atomic E-state index is 11.8. The number of fused-ring (bicyclic) bond motifs is 1. The SMILES string of the molecule is CCc1ccc(C2=Cc3c(ccc(CC)c3O)C2(O)CC(C)=O)o1. The Hall–Kier alpha value is -2.33. The highest BCUT2D eigenvalue weighted by Crippen LogP contribution is 2.50. The zero-order valence-corrected chi connectivity index (χ0v) is 14.2. The number of carbonyl (C=O) groups is 1. The average Bonchev–Trinajstić information content (AvgIpc) is 3.10. The third-order valence-corrected chi connectivity index (χ3v) is 4.64. The Morgan fingerprint density at radius 1 is 1.17 bits per heavy atom. The minimum Gasteiger partial charge on any atom is -0.507 e. The standard InChI is InChI=1S/C20H22O4/c1-4-13-6-8-16-15(19(13)22)10-17(20(16,23)11-12(3)21)18-9-7-14(5-2)24-18/h6-10,22-23H,4-5,11H2,1-3H3. The van der Waals surface area contributed by atoms with Crippen molar-refractivity contribution in [2.45, 2.75) is 45.6 Å². The molecule has 1 aliphatic carbocycles. The van der Waals surface area contributed by atoms with Gasteiger partial charge < -0.3 is 14.6 Å². The van der Waals surface area contributed by atoms with Crippen LogP contribution in [0.5, 0.6) is 5.75 Å². The van der Waals surface area contributed by atoms with Gasteiger partial charge in [-0.1, -0.05) is 26.0 Å². The van der Waals surface area contributed by atoms with E-state index in [2.05, 4.69) is 0 Å². The minimum absolute atomic E-state index is 0.0566. The number of phenolic OH excluding ortho intramolecular Hbond substituents is 1. The predicted octanol–water partition coefficient (Wildman–Crippen LogP) is 3.83. The molecule has 0 spiro atoms. The molecule has 24 heavy (non-hydrogen) atoms. The maximum absolute atomic E-state index is 11.8. The Morgan fingerprint density at radius 3 is 2.50 bits per heavy atom. The lowest BCUT2D eigenvalue weighted by Gasteiger charge is -2.26. The van der Waals surface area contributed by atoms with Gasteiger partial charge in [0.25, 0.3) is 0 Å². The van der Waals surface area contributed by atoms with E-state index in [9.17, 15) is 15.0 Å². The second-order valence-electron chi connectivity index (χ2n) is 6.30. The second kappa shape index (κ2) is 5.95. The van der Waals surface area contributed by atoms with Crippen molar-refractivity contribution in [3.05, 3.63) is 52.5 Å². The summed E-state index contributed by atoms with van der Waals surface area (Å²) < 4.78 is 5.80. The average molecular weight is 326 g/mol. The third kappa shape index (κ3) is 2.47. The van der Waals surface area contributed by atoms with Crippen molar-refractivity contribution in [2.75, 3.05) is 0 Å². The van der Waals surface area contributed by atoms with E-state index in [0.29, 0.717) is 28.9 Å². The number of aromatic hydroxyl groups is 1. The fourth-order valence-electron chi connectivity index (χ4n) is 3.39. The molecule has 1 aliphatic rings. The molecule has 0 amide bonds. The second-order valence-corrected chi connectivity index (χ2v) is 6.30. The third-order valence-electron chi connectivity index (χ3n) is 4.64. The van der Waals surface area contributed by atoms with Crippen LogP contribution in [0.4, 0.5) is 0 Å². The van der Waals surface area contributed by atoms with Gasteiger partial charge in [-0.05, 0) is 42.7 Å². The minimum atomic E-state index is -1.48. The molecule has 1 heterocycles. The van der Waals surface area contributed by atoms with E-state index in [1.807, 2.05) is 19.9 Å².